The maximum Gasteiger partial charge on any atom is 0.310 e. The number of ether oxygens (including phenoxy) is 1. The van der Waals surface area contributed by atoms with Crippen LogP contribution in [0.25, 0.3) is 0 Å². The Bertz CT molecular complexity index is 328. The van der Waals surface area contributed by atoms with Crippen LogP contribution in [0.15, 0.2) is 12.7 Å². The van der Waals surface area contributed by atoms with Gasteiger partial charge in [0.2, 0.25) is 0 Å². The van der Waals surface area contributed by atoms with Crippen LogP contribution in [0.3, 0.4) is 0 Å². The van der Waals surface area contributed by atoms with Crippen molar-refractivity contribution in [2.45, 2.75) is 57.5 Å². The van der Waals surface area contributed by atoms with Gasteiger partial charge in [0.1, 0.15) is 6.10 Å². The number of esters is 1. The normalized spacial score (nSPS) is 39.8. The van der Waals surface area contributed by atoms with Crippen molar-refractivity contribution in [2.75, 3.05) is 0 Å². The van der Waals surface area contributed by atoms with Gasteiger partial charge in [-0.15, -0.1) is 6.58 Å². The average Bonchev–Trinajstić information content (AvgIpc) is 2.92. The fourth-order valence-electron chi connectivity index (χ4n) is 4.39. The van der Waals surface area contributed by atoms with Gasteiger partial charge in [0.05, 0.1) is 5.92 Å². The van der Waals surface area contributed by atoms with E-state index in [0.717, 1.165) is 19.3 Å². The standard InChI is InChI=1S/C15H22O2/c1-2-15(9-5-6-10-15)13-11-7-3-4-8-12(11)17-14(13)16/h2,11-13H,1,3-10H2/t11-,12-,13?/m0/s1. The van der Waals surface area contributed by atoms with E-state index in [9.17, 15) is 4.79 Å². The van der Waals surface area contributed by atoms with Crippen molar-refractivity contribution in [1.29, 1.82) is 0 Å². The zero-order valence-electron chi connectivity index (χ0n) is 10.5. The molecule has 3 atom stereocenters. The van der Waals surface area contributed by atoms with Gasteiger partial charge in [0.15, 0.2) is 0 Å². The maximum absolute atomic E-state index is 12.2. The van der Waals surface area contributed by atoms with Gasteiger partial charge < -0.3 is 4.74 Å². The number of carbonyl (C=O) groups is 1. The van der Waals surface area contributed by atoms with Crippen LogP contribution >= 0.6 is 0 Å². The smallest absolute Gasteiger partial charge is 0.310 e. The first kappa shape index (κ1) is 11.3. The zero-order valence-corrected chi connectivity index (χ0v) is 10.5. The predicted molar refractivity (Wildman–Crippen MR) is 66.4 cm³/mol. The number of hydrogen-bond acceptors (Lipinski definition) is 2. The van der Waals surface area contributed by atoms with Crippen LogP contribution in [0.4, 0.5) is 0 Å². The first-order valence-electron chi connectivity index (χ1n) is 7.11. The lowest BCUT2D eigenvalue weighted by Gasteiger charge is -2.35. The monoisotopic (exact) mass is 234 g/mol. The summed E-state index contributed by atoms with van der Waals surface area (Å²) in [5, 5.41) is 0. The second-order valence-corrected chi connectivity index (χ2v) is 6.05. The van der Waals surface area contributed by atoms with Gasteiger partial charge in [-0.1, -0.05) is 25.3 Å². The quantitative estimate of drug-likeness (QED) is 0.540. The molecular formula is C15H22O2. The first-order chi connectivity index (χ1) is 8.27. The summed E-state index contributed by atoms with van der Waals surface area (Å²) in [7, 11) is 0. The lowest BCUT2D eigenvalue weighted by Crippen LogP contribution is -2.36. The Hall–Kier alpha value is -0.790. The Labute approximate surface area is 103 Å². The minimum atomic E-state index is 0.0633. The van der Waals surface area contributed by atoms with E-state index in [1.54, 1.807) is 0 Å². The molecule has 17 heavy (non-hydrogen) atoms. The van der Waals surface area contributed by atoms with Crippen molar-refractivity contribution >= 4 is 5.97 Å². The third-order valence-electron chi connectivity index (χ3n) is 5.26. The van der Waals surface area contributed by atoms with Crippen LogP contribution < -0.4 is 0 Å². The fraction of sp³-hybridized carbons (Fsp3) is 0.800. The van der Waals surface area contributed by atoms with Crippen molar-refractivity contribution < 1.29 is 9.53 Å². The van der Waals surface area contributed by atoms with Gasteiger partial charge in [-0.25, -0.2) is 0 Å². The Morgan fingerprint density at radius 2 is 1.88 bits per heavy atom. The van der Waals surface area contributed by atoms with Gasteiger partial charge in [-0.05, 0) is 32.1 Å². The zero-order chi connectivity index (χ0) is 11.9. The molecule has 0 bridgehead atoms. The summed E-state index contributed by atoms with van der Waals surface area (Å²) in [5.74, 6) is 0.670. The Kier molecular flexibility index (Phi) is 2.76. The predicted octanol–water partition coefficient (Wildman–Crippen LogP) is 3.46. The highest BCUT2D eigenvalue weighted by molar-refractivity contribution is 5.77. The summed E-state index contributed by atoms with van der Waals surface area (Å²) in [5.41, 5.74) is 0.0633. The molecule has 1 saturated heterocycles. The molecule has 0 amide bonds. The van der Waals surface area contributed by atoms with E-state index in [1.807, 2.05) is 0 Å². The average molecular weight is 234 g/mol. The van der Waals surface area contributed by atoms with E-state index in [1.165, 1.54) is 32.1 Å². The molecule has 1 unspecified atom stereocenters. The summed E-state index contributed by atoms with van der Waals surface area (Å²) in [6.45, 7) is 4.02. The first-order valence-corrected chi connectivity index (χ1v) is 7.11. The number of fused-ring (bicyclic) bond motifs is 1. The molecule has 3 rings (SSSR count). The lowest BCUT2D eigenvalue weighted by atomic mass is 9.65. The molecule has 2 aliphatic carbocycles. The van der Waals surface area contributed by atoms with E-state index < -0.39 is 0 Å². The molecule has 1 heterocycles. The summed E-state index contributed by atoms with van der Waals surface area (Å²) in [6.07, 6.45) is 11.8. The molecule has 3 fully saturated rings. The highest BCUT2D eigenvalue weighted by Gasteiger charge is 2.55. The van der Waals surface area contributed by atoms with Crippen molar-refractivity contribution in [1.82, 2.24) is 0 Å². The molecule has 3 aliphatic rings. The number of carbonyl (C=O) groups excluding carboxylic acids is 1. The molecule has 0 N–H and O–H groups in total. The van der Waals surface area contributed by atoms with E-state index in [4.69, 9.17) is 4.74 Å². The van der Waals surface area contributed by atoms with E-state index in [-0.39, 0.29) is 23.4 Å². The van der Waals surface area contributed by atoms with Gasteiger partial charge in [-0.2, -0.15) is 0 Å². The molecule has 1 aliphatic heterocycles. The minimum absolute atomic E-state index is 0.0633. The van der Waals surface area contributed by atoms with Crippen LogP contribution in [-0.4, -0.2) is 12.1 Å². The Morgan fingerprint density at radius 3 is 2.59 bits per heavy atom. The summed E-state index contributed by atoms with van der Waals surface area (Å²) in [4.78, 5) is 12.2. The Morgan fingerprint density at radius 1 is 1.18 bits per heavy atom. The molecular weight excluding hydrogens is 212 g/mol. The topological polar surface area (TPSA) is 26.3 Å². The summed E-state index contributed by atoms with van der Waals surface area (Å²) < 4.78 is 5.63. The van der Waals surface area contributed by atoms with Crippen molar-refractivity contribution in [2.24, 2.45) is 17.3 Å². The van der Waals surface area contributed by atoms with Crippen LogP contribution in [0, 0.1) is 17.3 Å². The SMILES string of the molecule is C=CC1(C2C(=O)O[C@H]3CCCC[C@H]23)CCCC1. The summed E-state index contributed by atoms with van der Waals surface area (Å²) >= 11 is 0. The number of rotatable bonds is 2. The highest BCUT2D eigenvalue weighted by Crippen LogP contribution is 2.54. The number of hydrogen-bond donors (Lipinski definition) is 0. The molecule has 0 aromatic heterocycles. The van der Waals surface area contributed by atoms with Gasteiger partial charge in [0.25, 0.3) is 0 Å². The molecule has 2 saturated carbocycles. The van der Waals surface area contributed by atoms with Crippen LogP contribution in [0.5, 0.6) is 0 Å². The summed E-state index contributed by atoms with van der Waals surface area (Å²) in [6, 6.07) is 0. The highest BCUT2D eigenvalue weighted by atomic mass is 16.6. The van der Waals surface area contributed by atoms with Crippen molar-refractivity contribution in [3.05, 3.63) is 12.7 Å². The van der Waals surface area contributed by atoms with E-state index in [2.05, 4.69) is 12.7 Å². The second kappa shape index (κ2) is 4.15. The second-order valence-electron chi connectivity index (χ2n) is 6.05. The molecule has 0 aromatic rings. The molecule has 0 radical (unpaired) electrons. The van der Waals surface area contributed by atoms with Crippen LogP contribution in [0.1, 0.15) is 51.4 Å². The maximum atomic E-state index is 12.2. The molecule has 94 valence electrons. The minimum Gasteiger partial charge on any atom is -0.462 e. The van der Waals surface area contributed by atoms with E-state index in [0.29, 0.717) is 5.92 Å². The largest absolute Gasteiger partial charge is 0.462 e. The molecule has 0 spiro atoms. The van der Waals surface area contributed by atoms with Crippen molar-refractivity contribution in [3.63, 3.8) is 0 Å². The van der Waals surface area contributed by atoms with Gasteiger partial charge in [-0.3, -0.25) is 4.79 Å². The van der Waals surface area contributed by atoms with Crippen LogP contribution in [-0.2, 0) is 9.53 Å². The molecule has 0 aromatic carbocycles. The van der Waals surface area contributed by atoms with E-state index >= 15 is 0 Å². The molecule has 2 heteroatoms. The molecule has 2 nitrogen and oxygen atoms in total. The Balaban J connectivity index is 1.90. The van der Waals surface area contributed by atoms with Crippen molar-refractivity contribution in [3.8, 4) is 0 Å². The third kappa shape index (κ3) is 1.64. The van der Waals surface area contributed by atoms with Gasteiger partial charge in [0, 0.05) is 11.3 Å². The third-order valence-corrected chi connectivity index (χ3v) is 5.26. The van der Waals surface area contributed by atoms with Gasteiger partial charge >= 0.3 is 5.97 Å². The van der Waals surface area contributed by atoms with Crippen LogP contribution in [0.2, 0.25) is 0 Å². The fourth-order valence-corrected chi connectivity index (χ4v) is 4.39. The number of allylic oxidation sites excluding steroid dienone is 1. The lowest BCUT2D eigenvalue weighted by molar-refractivity contribution is -0.146.